The second-order valence-electron chi connectivity index (χ2n) is 5.25. The predicted octanol–water partition coefficient (Wildman–Crippen LogP) is 3.68. The van der Waals surface area contributed by atoms with Gasteiger partial charge in [-0.2, -0.15) is 0 Å². The molecule has 1 rings (SSSR count). The summed E-state index contributed by atoms with van der Waals surface area (Å²) in [6, 6.07) is 8.49. The number of hydrogen-bond acceptors (Lipinski definition) is 2. The number of nitrogens with one attached hydrogen (secondary N) is 1. The summed E-state index contributed by atoms with van der Waals surface area (Å²) in [6.45, 7) is 7.35. The monoisotopic (exact) mass is 269 g/mol. The van der Waals surface area contributed by atoms with E-state index in [2.05, 4.69) is 38.2 Å². The molecule has 0 fully saturated rings. The minimum atomic E-state index is -0.0980. The van der Waals surface area contributed by atoms with E-state index in [0.29, 0.717) is 6.04 Å². The van der Waals surface area contributed by atoms with Crippen LogP contribution in [0.5, 0.6) is 0 Å². The number of benzene rings is 1. The maximum Gasteiger partial charge on any atom is 0.0637 e. The van der Waals surface area contributed by atoms with Crippen molar-refractivity contribution < 1.29 is 4.74 Å². The van der Waals surface area contributed by atoms with E-state index in [0.717, 1.165) is 24.4 Å². The lowest BCUT2D eigenvalue weighted by Gasteiger charge is -2.29. The van der Waals surface area contributed by atoms with Crippen molar-refractivity contribution in [3.05, 3.63) is 34.9 Å². The van der Waals surface area contributed by atoms with Gasteiger partial charge in [0, 0.05) is 18.2 Å². The van der Waals surface area contributed by atoms with E-state index in [1.54, 1.807) is 7.11 Å². The van der Waals surface area contributed by atoms with Crippen LogP contribution in [0.1, 0.15) is 32.8 Å². The molecule has 0 aromatic heterocycles. The average Bonchev–Trinajstić information content (AvgIpc) is 2.32. The fourth-order valence-electron chi connectivity index (χ4n) is 2.09. The highest BCUT2D eigenvalue weighted by Crippen LogP contribution is 2.19. The van der Waals surface area contributed by atoms with Gasteiger partial charge in [-0.05, 0) is 50.9 Å². The molecule has 2 nitrogen and oxygen atoms in total. The third-order valence-electron chi connectivity index (χ3n) is 3.18. The molecule has 0 heterocycles. The van der Waals surface area contributed by atoms with Gasteiger partial charge in [-0.15, -0.1) is 0 Å². The zero-order chi connectivity index (χ0) is 13.6. The normalized spacial score (nSPS) is 13.6. The number of hydrogen-bond donors (Lipinski definition) is 1. The average molecular weight is 270 g/mol. The Balaban J connectivity index is 2.65. The minimum Gasteiger partial charge on any atom is -0.379 e. The molecule has 1 atom stereocenters. The lowest BCUT2D eigenvalue weighted by atomic mass is 9.94. The lowest BCUT2D eigenvalue weighted by molar-refractivity contribution is 0.00726. The van der Waals surface area contributed by atoms with Gasteiger partial charge < -0.3 is 10.1 Å². The predicted molar refractivity (Wildman–Crippen MR) is 78.3 cm³/mol. The van der Waals surface area contributed by atoms with E-state index in [9.17, 15) is 0 Å². The SMILES string of the molecule is CCNC(Cc1ccc(Cl)cc1)CC(C)(C)OC. The van der Waals surface area contributed by atoms with Crippen molar-refractivity contribution in [3.8, 4) is 0 Å². The number of methoxy groups -OCH3 is 1. The summed E-state index contributed by atoms with van der Waals surface area (Å²) < 4.78 is 5.51. The van der Waals surface area contributed by atoms with E-state index in [1.165, 1.54) is 5.56 Å². The molecule has 0 aliphatic rings. The molecular weight excluding hydrogens is 246 g/mol. The van der Waals surface area contributed by atoms with Gasteiger partial charge in [0.05, 0.1) is 5.60 Å². The van der Waals surface area contributed by atoms with E-state index >= 15 is 0 Å². The van der Waals surface area contributed by atoms with Gasteiger partial charge in [0.1, 0.15) is 0 Å². The Morgan fingerprint density at radius 1 is 1.28 bits per heavy atom. The maximum absolute atomic E-state index is 5.90. The first-order valence-electron chi connectivity index (χ1n) is 6.50. The van der Waals surface area contributed by atoms with E-state index in [-0.39, 0.29) is 5.60 Å². The van der Waals surface area contributed by atoms with Crippen molar-refractivity contribution in [2.24, 2.45) is 0 Å². The van der Waals surface area contributed by atoms with Crippen molar-refractivity contribution in [2.45, 2.75) is 45.3 Å². The van der Waals surface area contributed by atoms with E-state index < -0.39 is 0 Å². The summed E-state index contributed by atoms with van der Waals surface area (Å²) in [5.74, 6) is 0. The van der Waals surface area contributed by atoms with Crippen molar-refractivity contribution in [2.75, 3.05) is 13.7 Å². The highest BCUT2D eigenvalue weighted by molar-refractivity contribution is 6.30. The molecule has 1 N–H and O–H groups in total. The zero-order valence-electron chi connectivity index (χ0n) is 11.8. The van der Waals surface area contributed by atoms with Gasteiger partial charge in [0.25, 0.3) is 0 Å². The number of ether oxygens (including phenoxy) is 1. The van der Waals surface area contributed by atoms with E-state index in [4.69, 9.17) is 16.3 Å². The molecule has 3 heteroatoms. The first-order chi connectivity index (χ1) is 8.46. The van der Waals surface area contributed by atoms with Crippen LogP contribution in [0.2, 0.25) is 5.02 Å². The summed E-state index contributed by atoms with van der Waals surface area (Å²) in [5.41, 5.74) is 1.21. The second kappa shape index (κ2) is 7.13. The molecule has 1 aromatic rings. The van der Waals surface area contributed by atoms with Crippen molar-refractivity contribution in [3.63, 3.8) is 0 Å². The smallest absolute Gasteiger partial charge is 0.0637 e. The summed E-state index contributed by atoms with van der Waals surface area (Å²) >= 11 is 5.90. The van der Waals surface area contributed by atoms with Crippen molar-refractivity contribution in [1.29, 1.82) is 0 Å². The Morgan fingerprint density at radius 2 is 1.89 bits per heavy atom. The molecule has 0 amide bonds. The fraction of sp³-hybridized carbons (Fsp3) is 0.600. The number of halogens is 1. The summed E-state index contributed by atoms with van der Waals surface area (Å²) in [7, 11) is 1.77. The van der Waals surface area contributed by atoms with Crippen LogP contribution in [-0.2, 0) is 11.2 Å². The van der Waals surface area contributed by atoms with Crippen LogP contribution in [0.25, 0.3) is 0 Å². The summed E-state index contributed by atoms with van der Waals surface area (Å²) in [5, 5.41) is 4.31. The molecule has 102 valence electrons. The quantitative estimate of drug-likeness (QED) is 0.815. The molecule has 0 bridgehead atoms. The molecule has 18 heavy (non-hydrogen) atoms. The van der Waals surface area contributed by atoms with Gasteiger partial charge in [0.2, 0.25) is 0 Å². The Kier molecular flexibility index (Phi) is 6.13. The maximum atomic E-state index is 5.90. The third-order valence-corrected chi connectivity index (χ3v) is 3.43. The molecule has 1 unspecified atom stereocenters. The van der Waals surface area contributed by atoms with Gasteiger partial charge in [-0.25, -0.2) is 0 Å². The highest BCUT2D eigenvalue weighted by atomic mass is 35.5. The molecule has 0 saturated heterocycles. The molecule has 0 saturated carbocycles. The zero-order valence-corrected chi connectivity index (χ0v) is 12.6. The van der Waals surface area contributed by atoms with Gasteiger partial charge in [-0.1, -0.05) is 30.7 Å². The summed E-state index contributed by atoms with van der Waals surface area (Å²) in [6.07, 6.45) is 1.98. The molecule has 0 radical (unpaired) electrons. The molecular formula is C15H24ClNO. The van der Waals surface area contributed by atoms with Crippen LogP contribution in [0.3, 0.4) is 0 Å². The molecule has 0 spiro atoms. The number of likely N-dealkylation sites (N-methyl/N-ethyl adjacent to an activating group) is 1. The summed E-state index contributed by atoms with van der Waals surface area (Å²) in [4.78, 5) is 0. The first kappa shape index (κ1) is 15.5. The van der Waals surface area contributed by atoms with Crippen LogP contribution in [0.4, 0.5) is 0 Å². The Hall–Kier alpha value is -0.570. The number of rotatable bonds is 7. The molecule has 1 aromatic carbocycles. The highest BCUT2D eigenvalue weighted by Gasteiger charge is 2.22. The van der Waals surface area contributed by atoms with Crippen LogP contribution < -0.4 is 5.32 Å². The van der Waals surface area contributed by atoms with Crippen molar-refractivity contribution in [1.82, 2.24) is 5.32 Å². The second-order valence-corrected chi connectivity index (χ2v) is 5.69. The van der Waals surface area contributed by atoms with E-state index in [1.807, 2.05) is 12.1 Å². The first-order valence-corrected chi connectivity index (χ1v) is 6.87. The Bertz CT molecular complexity index is 348. The standard InChI is InChI=1S/C15H24ClNO/c1-5-17-14(11-15(2,3)18-4)10-12-6-8-13(16)9-7-12/h6-9,14,17H,5,10-11H2,1-4H3. The van der Waals surface area contributed by atoms with Crippen LogP contribution in [0.15, 0.2) is 24.3 Å². The van der Waals surface area contributed by atoms with Crippen LogP contribution in [-0.4, -0.2) is 25.3 Å². The Labute approximate surface area is 116 Å². The van der Waals surface area contributed by atoms with Crippen LogP contribution >= 0.6 is 11.6 Å². The molecule has 0 aliphatic carbocycles. The lowest BCUT2D eigenvalue weighted by Crippen LogP contribution is -2.39. The third kappa shape index (κ3) is 5.38. The fourth-order valence-corrected chi connectivity index (χ4v) is 2.21. The van der Waals surface area contributed by atoms with Gasteiger partial charge in [-0.3, -0.25) is 0 Å². The van der Waals surface area contributed by atoms with Gasteiger partial charge >= 0.3 is 0 Å². The largest absolute Gasteiger partial charge is 0.379 e. The minimum absolute atomic E-state index is 0.0980. The van der Waals surface area contributed by atoms with Gasteiger partial charge in [0.15, 0.2) is 0 Å². The van der Waals surface area contributed by atoms with Crippen molar-refractivity contribution >= 4 is 11.6 Å². The Morgan fingerprint density at radius 3 is 2.39 bits per heavy atom. The topological polar surface area (TPSA) is 21.3 Å². The van der Waals surface area contributed by atoms with Crippen LogP contribution in [0, 0.1) is 0 Å². The molecule has 0 aliphatic heterocycles.